The molecule has 0 heterocycles. The van der Waals surface area contributed by atoms with Gasteiger partial charge in [0.25, 0.3) is 0 Å². The molecule has 2 rings (SSSR count). The van der Waals surface area contributed by atoms with Crippen LogP contribution < -0.4 is 0 Å². The van der Waals surface area contributed by atoms with Crippen LogP contribution in [0.25, 0.3) is 0 Å². The Morgan fingerprint density at radius 3 is 2.47 bits per heavy atom. The SMILES string of the molecule is CCCCCCC(C1CC2C=CC1C2)N(C)C. The lowest BCUT2D eigenvalue weighted by Crippen LogP contribution is -2.37. The zero-order chi connectivity index (χ0) is 12.3. The third kappa shape index (κ3) is 3.13. The van der Waals surface area contributed by atoms with Crippen molar-refractivity contribution < 1.29 is 0 Å². The quantitative estimate of drug-likeness (QED) is 0.474. The van der Waals surface area contributed by atoms with Gasteiger partial charge in [0.15, 0.2) is 0 Å². The Morgan fingerprint density at radius 1 is 1.12 bits per heavy atom. The van der Waals surface area contributed by atoms with Crippen LogP contribution in [0, 0.1) is 17.8 Å². The molecule has 4 unspecified atom stereocenters. The van der Waals surface area contributed by atoms with E-state index in [9.17, 15) is 0 Å². The Morgan fingerprint density at radius 2 is 1.94 bits per heavy atom. The third-order valence-electron chi connectivity index (χ3n) is 4.84. The molecule has 0 saturated heterocycles. The Hall–Kier alpha value is -0.300. The van der Waals surface area contributed by atoms with Gasteiger partial charge in [0.2, 0.25) is 0 Å². The number of nitrogens with zero attached hydrogens (tertiary/aromatic N) is 1. The molecule has 1 nitrogen and oxygen atoms in total. The molecule has 2 aliphatic carbocycles. The first kappa shape index (κ1) is 13.1. The second-order valence-corrected chi connectivity index (χ2v) is 6.32. The monoisotopic (exact) mass is 235 g/mol. The van der Waals surface area contributed by atoms with Crippen molar-refractivity contribution in [3.8, 4) is 0 Å². The normalized spacial score (nSPS) is 32.6. The lowest BCUT2D eigenvalue weighted by Gasteiger charge is -2.33. The van der Waals surface area contributed by atoms with Crippen LogP contribution in [0.1, 0.15) is 51.9 Å². The first-order chi connectivity index (χ1) is 8.22. The van der Waals surface area contributed by atoms with Gasteiger partial charge in [0, 0.05) is 6.04 Å². The van der Waals surface area contributed by atoms with Crippen LogP contribution in [0.4, 0.5) is 0 Å². The highest BCUT2D eigenvalue weighted by Crippen LogP contribution is 2.46. The van der Waals surface area contributed by atoms with Crippen molar-refractivity contribution in [1.82, 2.24) is 4.90 Å². The van der Waals surface area contributed by atoms with Gasteiger partial charge in [-0.3, -0.25) is 0 Å². The molecule has 0 aromatic heterocycles. The number of hydrogen-bond acceptors (Lipinski definition) is 1. The van der Waals surface area contributed by atoms with E-state index in [1.807, 2.05) is 0 Å². The molecule has 17 heavy (non-hydrogen) atoms. The fourth-order valence-electron chi connectivity index (χ4n) is 3.90. The minimum absolute atomic E-state index is 0.826. The Labute approximate surface area is 107 Å². The van der Waals surface area contributed by atoms with Crippen molar-refractivity contribution in [2.75, 3.05) is 14.1 Å². The first-order valence-corrected chi connectivity index (χ1v) is 7.57. The Balaban J connectivity index is 1.83. The van der Waals surface area contributed by atoms with Crippen LogP contribution in [0.15, 0.2) is 12.2 Å². The summed E-state index contributed by atoms with van der Waals surface area (Å²) in [6, 6.07) is 0.826. The maximum atomic E-state index is 2.50. The van der Waals surface area contributed by atoms with Crippen molar-refractivity contribution in [3.63, 3.8) is 0 Å². The molecule has 0 amide bonds. The maximum Gasteiger partial charge on any atom is 0.0123 e. The summed E-state index contributed by atoms with van der Waals surface area (Å²) in [5, 5.41) is 0. The van der Waals surface area contributed by atoms with E-state index in [0.29, 0.717) is 0 Å². The van der Waals surface area contributed by atoms with Crippen LogP contribution in [-0.4, -0.2) is 25.0 Å². The molecule has 1 saturated carbocycles. The predicted octanol–water partition coefficient (Wildman–Crippen LogP) is 4.10. The molecule has 98 valence electrons. The summed E-state index contributed by atoms with van der Waals surface area (Å²) in [5.74, 6) is 2.77. The van der Waals surface area contributed by atoms with E-state index < -0.39 is 0 Å². The average Bonchev–Trinajstić information content (AvgIpc) is 2.90. The minimum atomic E-state index is 0.826. The lowest BCUT2D eigenvalue weighted by molar-refractivity contribution is 0.172. The molecule has 1 heteroatoms. The van der Waals surface area contributed by atoms with Gasteiger partial charge in [-0.1, -0.05) is 44.8 Å². The highest BCUT2D eigenvalue weighted by molar-refractivity contribution is 5.12. The molecule has 1 fully saturated rings. The molecule has 0 aliphatic heterocycles. The topological polar surface area (TPSA) is 3.24 Å². The van der Waals surface area contributed by atoms with Gasteiger partial charge in [0.05, 0.1) is 0 Å². The van der Waals surface area contributed by atoms with Gasteiger partial charge >= 0.3 is 0 Å². The number of allylic oxidation sites excluding steroid dienone is 2. The summed E-state index contributed by atoms with van der Waals surface area (Å²) in [4.78, 5) is 2.49. The minimum Gasteiger partial charge on any atom is -0.306 e. The summed E-state index contributed by atoms with van der Waals surface area (Å²) < 4.78 is 0. The smallest absolute Gasteiger partial charge is 0.0123 e. The summed E-state index contributed by atoms with van der Waals surface area (Å²) >= 11 is 0. The van der Waals surface area contributed by atoms with Gasteiger partial charge in [-0.05, 0) is 51.1 Å². The molecule has 0 radical (unpaired) electrons. The highest BCUT2D eigenvalue weighted by atomic mass is 15.1. The molecule has 2 aliphatic rings. The first-order valence-electron chi connectivity index (χ1n) is 7.57. The summed E-state index contributed by atoms with van der Waals surface area (Å²) in [6.07, 6.45) is 14.9. The molecule has 0 aromatic rings. The van der Waals surface area contributed by atoms with Gasteiger partial charge in [-0.25, -0.2) is 0 Å². The molecule has 0 aromatic carbocycles. The number of rotatable bonds is 7. The van der Waals surface area contributed by atoms with Crippen LogP contribution in [0.3, 0.4) is 0 Å². The van der Waals surface area contributed by atoms with Crippen LogP contribution in [0.5, 0.6) is 0 Å². The lowest BCUT2D eigenvalue weighted by atomic mass is 9.83. The van der Waals surface area contributed by atoms with Gasteiger partial charge in [0.1, 0.15) is 0 Å². The van der Waals surface area contributed by atoms with E-state index in [1.165, 1.54) is 44.9 Å². The second kappa shape index (κ2) is 6.04. The molecular weight excluding hydrogens is 206 g/mol. The predicted molar refractivity (Wildman–Crippen MR) is 75.1 cm³/mol. The Bertz CT molecular complexity index is 256. The zero-order valence-electron chi connectivity index (χ0n) is 11.9. The van der Waals surface area contributed by atoms with Crippen LogP contribution in [0.2, 0.25) is 0 Å². The number of unbranched alkanes of at least 4 members (excludes halogenated alkanes) is 3. The molecular formula is C16H29N. The van der Waals surface area contributed by atoms with Crippen molar-refractivity contribution in [3.05, 3.63) is 12.2 Å². The van der Waals surface area contributed by atoms with E-state index in [4.69, 9.17) is 0 Å². The van der Waals surface area contributed by atoms with E-state index in [2.05, 4.69) is 38.1 Å². The van der Waals surface area contributed by atoms with E-state index in [-0.39, 0.29) is 0 Å². The standard InChI is InChI=1S/C16H29N/c1-4-5-6-7-8-16(17(2)3)15-12-13-9-10-14(15)11-13/h9-10,13-16H,4-8,11-12H2,1-3H3. The van der Waals surface area contributed by atoms with Crippen molar-refractivity contribution in [2.24, 2.45) is 17.8 Å². The highest BCUT2D eigenvalue weighted by Gasteiger charge is 2.40. The number of hydrogen-bond donors (Lipinski definition) is 0. The van der Waals surface area contributed by atoms with E-state index in [1.54, 1.807) is 0 Å². The van der Waals surface area contributed by atoms with Crippen molar-refractivity contribution in [2.45, 2.75) is 57.9 Å². The fourth-order valence-corrected chi connectivity index (χ4v) is 3.90. The van der Waals surface area contributed by atoms with E-state index in [0.717, 1.165) is 23.8 Å². The molecule has 0 N–H and O–H groups in total. The Kier molecular flexibility index (Phi) is 4.67. The molecule has 2 bridgehead atoms. The number of fused-ring (bicyclic) bond motifs is 2. The maximum absolute atomic E-state index is 2.50. The van der Waals surface area contributed by atoms with Gasteiger partial charge < -0.3 is 4.90 Å². The van der Waals surface area contributed by atoms with Crippen molar-refractivity contribution >= 4 is 0 Å². The molecule has 4 atom stereocenters. The largest absolute Gasteiger partial charge is 0.306 e. The summed E-state index contributed by atoms with van der Waals surface area (Å²) in [5.41, 5.74) is 0. The summed E-state index contributed by atoms with van der Waals surface area (Å²) in [6.45, 7) is 2.30. The van der Waals surface area contributed by atoms with E-state index >= 15 is 0 Å². The zero-order valence-corrected chi connectivity index (χ0v) is 11.9. The summed E-state index contributed by atoms with van der Waals surface area (Å²) in [7, 11) is 4.56. The second-order valence-electron chi connectivity index (χ2n) is 6.32. The van der Waals surface area contributed by atoms with Crippen molar-refractivity contribution in [1.29, 1.82) is 0 Å². The van der Waals surface area contributed by atoms with Crippen LogP contribution >= 0.6 is 0 Å². The van der Waals surface area contributed by atoms with Crippen LogP contribution in [-0.2, 0) is 0 Å². The molecule has 0 spiro atoms. The van der Waals surface area contributed by atoms with Gasteiger partial charge in [-0.2, -0.15) is 0 Å². The third-order valence-corrected chi connectivity index (χ3v) is 4.84. The fraction of sp³-hybridized carbons (Fsp3) is 0.875. The van der Waals surface area contributed by atoms with Gasteiger partial charge in [-0.15, -0.1) is 0 Å². The average molecular weight is 235 g/mol.